The van der Waals surface area contributed by atoms with Crippen molar-refractivity contribution in [3.8, 4) is 17.3 Å². The number of nitrogens with zero attached hydrogens (tertiary/aromatic N) is 5. The van der Waals surface area contributed by atoms with E-state index in [1.807, 2.05) is 39.1 Å². The van der Waals surface area contributed by atoms with Crippen molar-refractivity contribution < 1.29 is 5.11 Å². The van der Waals surface area contributed by atoms with Crippen molar-refractivity contribution >= 4 is 17.5 Å². The summed E-state index contributed by atoms with van der Waals surface area (Å²) in [6.07, 6.45) is 2.59. The minimum atomic E-state index is -0.438. The summed E-state index contributed by atoms with van der Waals surface area (Å²) >= 11 is 0. The van der Waals surface area contributed by atoms with Gasteiger partial charge in [-0.25, -0.2) is 9.97 Å². The fourth-order valence-corrected chi connectivity index (χ4v) is 3.36. The van der Waals surface area contributed by atoms with Crippen LogP contribution in [-0.4, -0.2) is 38.0 Å². The molecule has 29 heavy (non-hydrogen) atoms. The van der Waals surface area contributed by atoms with Gasteiger partial charge in [0.2, 0.25) is 5.95 Å². The van der Waals surface area contributed by atoms with Crippen LogP contribution in [0, 0.1) is 11.3 Å². The Morgan fingerprint density at radius 2 is 2.17 bits per heavy atom. The second kappa shape index (κ2) is 7.18. The molecule has 0 saturated heterocycles. The van der Waals surface area contributed by atoms with Crippen LogP contribution in [-0.2, 0) is 18.9 Å². The van der Waals surface area contributed by atoms with E-state index in [-0.39, 0.29) is 6.61 Å². The summed E-state index contributed by atoms with van der Waals surface area (Å²) < 4.78 is 1.71. The maximum atomic E-state index is 9.59. The van der Waals surface area contributed by atoms with Gasteiger partial charge in [0.25, 0.3) is 0 Å². The summed E-state index contributed by atoms with van der Waals surface area (Å²) in [5, 5.41) is 30.0. The Labute approximate surface area is 169 Å². The molecule has 0 amide bonds. The zero-order chi connectivity index (χ0) is 20.6. The van der Waals surface area contributed by atoms with Crippen LogP contribution in [0.2, 0.25) is 0 Å². The van der Waals surface area contributed by atoms with E-state index in [2.05, 4.69) is 37.8 Å². The molecule has 0 fully saturated rings. The summed E-state index contributed by atoms with van der Waals surface area (Å²) in [6.45, 7) is 4.72. The van der Waals surface area contributed by atoms with Crippen LogP contribution in [0.3, 0.4) is 0 Å². The lowest BCUT2D eigenvalue weighted by atomic mass is 9.91. The normalized spacial score (nSPS) is 12.9. The lowest BCUT2D eigenvalue weighted by molar-refractivity contribution is 0.214. The summed E-state index contributed by atoms with van der Waals surface area (Å²) in [7, 11) is 1.83. The standard InChI is InChI=1S/C21H23N7O/c1-21(2,12-29)17-10-18(28(3)27-17)26-20-24-7-5-16(25-20)14-8-13-4-6-23-19(13)15(9-14)11-22/h5,7-10,23,29H,4,6,12H2,1-3H3,(H,24,25,26). The molecular formula is C21H23N7O. The van der Waals surface area contributed by atoms with E-state index < -0.39 is 5.41 Å². The first kappa shape index (κ1) is 18.9. The number of nitrogens with one attached hydrogen (secondary N) is 2. The van der Waals surface area contributed by atoms with Crippen LogP contribution in [0.5, 0.6) is 0 Å². The number of aryl methyl sites for hydroxylation is 1. The lowest BCUT2D eigenvalue weighted by Gasteiger charge is -2.17. The highest BCUT2D eigenvalue weighted by molar-refractivity contribution is 5.74. The third-order valence-electron chi connectivity index (χ3n) is 5.20. The molecule has 0 aliphatic carbocycles. The predicted octanol–water partition coefficient (Wildman–Crippen LogP) is 2.73. The zero-order valence-corrected chi connectivity index (χ0v) is 16.7. The molecule has 3 aromatic rings. The van der Waals surface area contributed by atoms with Gasteiger partial charge in [0.1, 0.15) is 11.9 Å². The number of aromatic nitrogens is 4. The molecule has 1 aliphatic heterocycles. The van der Waals surface area contributed by atoms with Gasteiger partial charge in [-0.15, -0.1) is 0 Å². The molecule has 0 radical (unpaired) electrons. The van der Waals surface area contributed by atoms with Crippen LogP contribution in [0.4, 0.5) is 17.5 Å². The van der Waals surface area contributed by atoms with E-state index in [4.69, 9.17) is 0 Å². The Balaban J connectivity index is 1.65. The van der Waals surface area contributed by atoms with Crippen LogP contribution in [0.1, 0.15) is 30.7 Å². The van der Waals surface area contributed by atoms with Gasteiger partial charge in [-0.3, -0.25) is 4.68 Å². The highest BCUT2D eigenvalue weighted by Crippen LogP contribution is 2.32. The topological polar surface area (TPSA) is 112 Å². The summed E-state index contributed by atoms with van der Waals surface area (Å²) in [6, 6.07) is 9.93. The van der Waals surface area contributed by atoms with E-state index in [1.54, 1.807) is 10.9 Å². The Morgan fingerprint density at radius 1 is 1.34 bits per heavy atom. The average molecular weight is 389 g/mol. The van der Waals surface area contributed by atoms with Gasteiger partial charge in [-0.1, -0.05) is 13.8 Å². The number of aliphatic hydroxyl groups is 1. The number of rotatable bonds is 5. The molecule has 8 nitrogen and oxygen atoms in total. The van der Waals surface area contributed by atoms with Crippen LogP contribution < -0.4 is 10.6 Å². The smallest absolute Gasteiger partial charge is 0.228 e. The van der Waals surface area contributed by atoms with E-state index in [1.165, 1.54) is 0 Å². The van der Waals surface area contributed by atoms with Crippen molar-refractivity contribution in [3.63, 3.8) is 0 Å². The number of benzene rings is 1. The summed E-state index contributed by atoms with van der Waals surface area (Å²) in [5.41, 5.74) is 4.67. The van der Waals surface area contributed by atoms with Crippen molar-refractivity contribution in [2.24, 2.45) is 7.05 Å². The fourth-order valence-electron chi connectivity index (χ4n) is 3.36. The van der Waals surface area contributed by atoms with E-state index in [0.29, 0.717) is 11.5 Å². The molecule has 0 spiro atoms. The highest BCUT2D eigenvalue weighted by atomic mass is 16.3. The van der Waals surface area contributed by atoms with E-state index in [0.717, 1.165) is 47.0 Å². The molecule has 3 N–H and O–H groups in total. The van der Waals surface area contributed by atoms with Crippen LogP contribution >= 0.6 is 0 Å². The Hall–Kier alpha value is -3.44. The van der Waals surface area contributed by atoms with Crippen LogP contribution in [0.15, 0.2) is 30.5 Å². The van der Waals surface area contributed by atoms with E-state index in [9.17, 15) is 10.4 Å². The SMILES string of the molecule is Cn1nc(C(C)(C)CO)cc1Nc1nccc(-c2cc(C#N)c3c(c2)CCN3)n1. The molecule has 0 unspecified atom stereocenters. The number of nitriles is 1. The largest absolute Gasteiger partial charge is 0.395 e. The Kier molecular flexibility index (Phi) is 4.68. The van der Waals surface area contributed by atoms with Gasteiger partial charge in [0.05, 0.1) is 29.2 Å². The van der Waals surface area contributed by atoms with Crippen LogP contribution in [0.25, 0.3) is 11.3 Å². The van der Waals surface area contributed by atoms with E-state index >= 15 is 0 Å². The minimum Gasteiger partial charge on any atom is -0.395 e. The molecule has 148 valence electrons. The quantitative estimate of drug-likeness (QED) is 0.615. The van der Waals surface area contributed by atoms with Crippen molar-refractivity contribution in [2.75, 3.05) is 23.8 Å². The molecule has 4 rings (SSSR count). The summed E-state index contributed by atoms with van der Waals surface area (Å²) in [4.78, 5) is 8.95. The van der Waals surface area contributed by atoms with Gasteiger partial charge in [0.15, 0.2) is 0 Å². The first-order valence-electron chi connectivity index (χ1n) is 9.48. The average Bonchev–Trinajstić information content (AvgIpc) is 3.34. The minimum absolute atomic E-state index is 0.00382. The number of anilines is 3. The zero-order valence-electron chi connectivity index (χ0n) is 16.7. The third kappa shape index (κ3) is 3.52. The van der Waals surface area contributed by atoms with Gasteiger partial charge in [-0.2, -0.15) is 10.4 Å². The Morgan fingerprint density at radius 3 is 2.93 bits per heavy atom. The van der Waals surface area contributed by atoms with Gasteiger partial charge >= 0.3 is 0 Å². The monoisotopic (exact) mass is 389 g/mol. The number of aliphatic hydroxyl groups excluding tert-OH is 1. The lowest BCUT2D eigenvalue weighted by Crippen LogP contribution is -2.22. The van der Waals surface area contributed by atoms with Gasteiger partial charge < -0.3 is 15.7 Å². The first-order valence-corrected chi connectivity index (χ1v) is 9.48. The summed E-state index contributed by atoms with van der Waals surface area (Å²) in [5.74, 6) is 1.17. The second-order valence-electron chi connectivity index (χ2n) is 7.82. The maximum absolute atomic E-state index is 9.59. The third-order valence-corrected chi connectivity index (χ3v) is 5.20. The van der Waals surface area contributed by atoms with Crippen molar-refractivity contribution in [2.45, 2.75) is 25.7 Å². The molecule has 1 aromatic carbocycles. The van der Waals surface area contributed by atoms with Crippen molar-refractivity contribution in [3.05, 3.63) is 47.3 Å². The number of hydrogen-bond acceptors (Lipinski definition) is 7. The molecule has 0 atom stereocenters. The molecule has 1 aliphatic rings. The highest BCUT2D eigenvalue weighted by Gasteiger charge is 2.24. The van der Waals surface area contributed by atoms with Crippen molar-refractivity contribution in [1.29, 1.82) is 5.26 Å². The number of hydrogen-bond donors (Lipinski definition) is 3. The maximum Gasteiger partial charge on any atom is 0.228 e. The molecule has 0 bridgehead atoms. The molecule has 0 saturated carbocycles. The fraction of sp³-hybridized carbons (Fsp3) is 0.333. The molecule has 2 aromatic heterocycles. The number of fused-ring (bicyclic) bond motifs is 1. The molecule has 3 heterocycles. The molecule has 8 heteroatoms. The van der Waals surface area contributed by atoms with Gasteiger partial charge in [0, 0.05) is 36.8 Å². The first-order chi connectivity index (χ1) is 13.9. The molecular weight excluding hydrogens is 366 g/mol. The van der Waals surface area contributed by atoms with Gasteiger partial charge in [-0.05, 0) is 30.2 Å². The van der Waals surface area contributed by atoms with Crippen molar-refractivity contribution in [1.82, 2.24) is 19.7 Å². The second-order valence-corrected chi connectivity index (χ2v) is 7.82. The Bertz CT molecular complexity index is 1110. The predicted molar refractivity (Wildman–Crippen MR) is 111 cm³/mol.